The van der Waals surface area contributed by atoms with Crippen LogP contribution in [-0.2, 0) is 9.59 Å². The van der Waals surface area contributed by atoms with Crippen molar-refractivity contribution in [3.63, 3.8) is 0 Å². The summed E-state index contributed by atoms with van der Waals surface area (Å²) in [6, 6.07) is 5.83. The van der Waals surface area contributed by atoms with Gasteiger partial charge < -0.3 is 9.84 Å². The van der Waals surface area contributed by atoms with Crippen LogP contribution in [0.5, 0.6) is 5.75 Å². The Kier molecular flexibility index (Phi) is 4.71. The van der Waals surface area contributed by atoms with Gasteiger partial charge in [-0.2, -0.15) is 0 Å². The topological polar surface area (TPSA) is 66.8 Å². The minimum Gasteiger partial charge on any atom is -0.491 e. The maximum absolute atomic E-state index is 12.4. The standard InChI is InChI=1S/C19H23NO4/c1-12-7-13(2)9-15(8-12)24-11-14(21)10-20-18(22)16-5-3-4-6-17(16)19(20)23/h3-4,7-9,14,16-17,21H,5-6,10-11H2,1-2H3/t14-,16-,17-/m1/s1. The molecular weight excluding hydrogens is 306 g/mol. The number of nitrogens with zero attached hydrogens (tertiary/aromatic N) is 1. The van der Waals surface area contributed by atoms with Crippen LogP contribution in [-0.4, -0.2) is 41.1 Å². The van der Waals surface area contributed by atoms with Gasteiger partial charge in [-0.05, 0) is 49.9 Å². The first-order chi connectivity index (χ1) is 11.5. The van der Waals surface area contributed by atoms with E-state index in [9.17, 15) is 14.7 Å². The van der Waals surface area contributed by atoms with E-state index in [-0.39, 0.29) is 36.8 Å². The fourth-order valence-corrected chi connectivity index (χ4v) is 3.52. The molecule has 5 heteroatoms. The SMILES string of the molecule is Cc1cc(C)cc(OC[C@H](O)CN2C(=O)[C@@H]3CC=CC[C@H]3C2=O)c1. The lowest BCUT2D eigenvalue weighted by molar-refractivity contribution is -0.141. The molecule has 1 heterocycles. The molecule has 0 aromatic heterocycles. The van der Waals surface area contributed by atoms with Gasteiger partial charge in [0.15, 0.2) is 0 Å². The average Bonchev–Trinajstić information content (AvgIpc) is 2.78. The first-order valence-electron chi connectivity index (χ1n) is 8.35. The molecule has 24 heavy (non-hydrogen) atoms. The molecule has 1 aromatic rings. The zero-order chi connectivity index (χ0) is 17.3. The molecule has 5 nitrogen and oxygen atoms in total. The second-order valence-corrected chi connectivity index (χ2v) is 6.73. The van der Waals surface area contributed by atoms with Crippen molar-refractivity contribution >= 4 is 11.8 Å². The zero-order valence-electron chi connectivity index (χ0n) is 14.1. The number of ether oxygens (including phenoxy) is 1. The summed E-state index contributed by atoms with van der Waals surface area (Å²) in [6.45, 7) is 4.00. The molecule has 1 aliphatic carbocycles. The lowest BCUT2D eigenvalue weighted by atomic mass is 9.85. The maximum atomic E-state index is 12.4. The summed E-state index contributed by atoms with van der Waals surface area (Å²) < 4.78 is 5.62. The number of aliphatic hydroxyl groups is 1. The Morgan fingerprint density at radius 2 is 1.62 bits per heavy atom. The Labute approximate surface area is 141 Å². The number of allylic oxidation sites excluding steroid dienone is 2. The number of likely N-dealkylation sites (tertiary alicyclic amines) is 1. The minimum atomic E-state index is -0.896. The summed E-state index contributed by atoms with van der Waals surface area (Å²) in [5, 5.41) is 10.2. The van der Waals surface area contributed by atoms with E-state index < -0.39 is 6.10 Å². The lowest BCUT2D eigenvalue weighted by Crippen LogP contribution is -2.40. The van der Waals surface area contributed by atoms with Crippen molar-refractivity contribution in [1.82, 2.24) is 4.90 Å². The average molecular weight is 329 g/mol. The molecule has 1 aliphatic heterocycles. The summed E-state index contributed by atoms with van der Waals surface area (Å²) in [4.78, 5) is 25.9. The number of carbonyl (C=O) groups is 2. The molecule has 0 spiro atoms. The fraction of sp³-hybridized carbons (Fsp3) is 0.474. The van der Waals surface area contributed by atoms with Gasteiger partial charge >= 0.3 is 0 Å². The molecule has 128 valence electrons. The van der Waals surface area contributed by atoms with Crippen LogP contribution in [0.15, 0.2) is 30.4 Å². The minimum absolute atomic E-state index is 0.00450. The van der Waals surface area contributed by atoms with Crippen LogP contribution in [0.3, 0.4) is 0 Å². The first kappa shape index (κ1) is 16.7. The number of hydrogen-bond donors (Lipinski definition) is 1. The summed E-state index contributed by atoms with van der Waals surface area (Å²) in [7, 11) is 0. The van der Waals surface area contributed by atoms with Crippen molar-refractivity contribution in [1.29, 1.82) is 0 Å². The third-order valence-corrected chi connectivity index (χ3v) is 4.63. The van der Waals surface area contributed by atoms with Crippen molar-refractivity contribution in [2.24, 2.45) is 11.8 Å². The van der Waals surface area contributed by atoms with Gasteiger partial charge in [0, 0.05) is 0 Å². The molecule has 1 N–H and O–H groups in total. The van der Waals surface area contributed by atoms with Crippen LogP contribution in [0.2, 0.25) is 0 Å². The number of benzene rings is 1. The summed E-state index contributed by atoms with van der Waals surface area (Å²) in [5.74, 6) is -0.159. The molecule has 0 bridgehead atoms. The fourth-order valence-electron chi connectivity index (χ4n) is 3.52. The number of hydrogen-bond acceptors (Lipinski definition) is 4. The molecule has 0 radical (unpaired) electrons. The molecule has 1 aromatic carbocycles. The monoisotopic (exact) mass is 329 g/mol. The molecule has 0 unspecified atom stereocenters. The highest BCUT2D eigenvalue weighted by molar-refractivity contribution is 6.05. The predicted molar refractivity (Wildman–Crippen MR) is 89.5 cm³/mol. The third-order valence-electron chi connectivity index (χ3n) is 4.63. The van der Waals surface area contributed by atoms with Crippen LogP contribution in [0.4, 0.5) is 0 Å². The van der Waals surface area contributed by atoms with E-state index in [1.165, 1.54) is 4.90 Å². The van der Waals surface area contributed by atoms with E-state index in [0.29, 0.717) is 18.6 Å². The van der Waals surface area contributed by atoms with Crippen molar-refractivity contribution in [3.05, 3.63) is 41.5 Å². The van der Waals surface area contributed by atoms with Crippen molar-refractivity contribution in [2.75, 3.05) is 13.2 Å². The molecule has 3 rings (SSSR count). The second kappa shape index (κ2) is 6.77. The highest BCUT2D eigenvalue weighted by Crippen LogP contribution is 2.35. The summed E-state index contributed by atoms with van der Waals surface area (Å²) in [5.41, 5.74) is 2.17. The Morgan fingerprint density at radius 1 is 1.08 bits per heavy atom. The van der Waals surface area contributed by atoms with E-state index in [1.807, 2.05) is 44.2 Å². The summed E-state index contributed by atoms with van der Waals surface area (Å²) >= 11 is 0. The number of aryl methyl sites for hydroxylation is 2. The van der Waals surface area contributed by atoms with Gasteiger partial charge in [-0.1, -0.05) is 18.2 Å². The number of fused-ring (bicyclic) bond motifs is 1. The number of amides is 2. The van der Waals surface area contributed by atoms with E-state index in [0.717, 1.165) is 11.1 Å². The highest BCUT2D eigenvalue weighted by Gasteiger charge is 2.47. The molecule has 2 amide bonds. The maximum Gasteiger partial charge on any atom is 0.233 e. The van der Waals surface area contributed by atoms with Crippen molar-refractivity contribution in [3.8, 4) is 5.75 Å². The van der Waals surface area contributed by atoms with Crippen molar-refractivity contribution < 1.29 is 19.4 Å². The predicted octanol–water partition coefficient (Wildman–Crippen LogP) is 1.99. The van der Waals surface area contributed by atoms with E-state index in [2.05, 4.69) is 0 Å². The van der Waals surface area contributed by atoms with Gasteiger partial charge in [0.2, 0.25) is 11.8 Å². The summed E-state index contributed by atoms with van der Waals surface area (Å²) in [6.07, 6.45) is 4.24. The molecule has 3 atom stereocenters. The van der Waals surface area contributed by atoms with Gasteiger partial charge in [-0.3, -0.25) is 14.5 Å². The number of aliphatic hydroxyl groups excluding tert-OH is 1. The molecule has 1 saturated heterocycles. The van der Waals surface area contributed by atoms with Crippen LogP contribution in [0.1, 0.15) is 24.0 Å². The zero-order valence-corrected chi connectivity index (χ0v) is 14.1. The van der Waals surface area contributed by atoms with Crippen LogP contribution < -0.4 is 4.74 Å². The van der Waals surface area contributed by atoms with Gasteiger partial charge in [0.05, 0.1) is 18.4 Å². The van der Waals surface area contributed by atoms with E-state index >= 15 is 0 Å². The third kappa shape index (κ3) is 3.36. The van der Waals surface area contributed by atoms with Crippen LogP contribution in [0.25, 0.3) is 0 Å². The molecule has 1 fully saturated rings. The Hall–Kier alpha value is -2.14. The number of β-amino-alcohol motifs (C(OH)–C–C–N with tert-alkyl or cyclic N) is 1. The quantitative estimate of drug-likeness (QED) is 0.663. The highest BCUT2D eigenvalue weighted by atomic mass is 16.5. The van der Waals surface area contributed by atoms with Crippen LogP contribution >= 0.6 is 0 Å². The van der Waals surface area contributed by atoms with Gasteiger partial charge in [0.25, 0.3) is 0 Å². The molecular formula is C19H23NO4. The van der Waals surface area contributed by atoms with E-state index in [1.54, 1.807) is 0 Å². The number of rotatable bonds is 5. The van der Waals surface area contributed by atoms with Gasteiger partial charge in [-0.25, -0.2) is 0 Å². The van der Waals surface area contributed by atoms with Crippen LogP contribution in [0, 0.1) is 25.7 Å². The normalized spacial score (nSPS) is 24.2. The largest absolute Gasteiger partial charge is 0.491 e. The Bertz CT molecular complexity index is 636. The smallest absolute Gasteiger partial charge is 0.233 e. The molecule has 0 saturated carbocycles. The number of carbonyl (C=O) groups excluding carboxylic acids is 2. The Balaban J connectivity index is 1.58. The van der Waals surface area contributed by atoms with Crippen molar-refractivity contribution in [2.45, 2.75) is 32.8 Å². The van der Waals surface area contributed by atoms with Gasteiger partial charge in [-0.15, -0.1) is 0 Å². The molecule has 2 aliphatic rings. The number of imide groups is 1. The lowest BCUT2D eigenvalue weighted by Gasteiger charge is -2.19. The second-order valence-electron chi connectivity index (χ2n) is 6.73. The van der Waals surface area contributed by atoms with Gasteiger partial charge in [0.1, 0.15) is 18.5 Å². The van der Waals surface area contributed by atoms with E-state index in [4.69, 9.17) is 4.74 Å². The Morgan fingerprint density at radius 3 is 2.17 bits per heavy atom. The first-order valence-corrected chi connectivity index (χ1v) is 8.35.